The molecular weight excluding hydrogens is 238 g/mol. The molecule has 0 saturated carbocycles. The first-order valence-electron chi connectivity index (χ1n) is 6.84. The van der Waals surface area contributed by atoms with Crippen LogP contribution in [-0.2, 0) is 13.0 Å². The average molecular weight is 257 g/mol. The average Bonchev–Trinajstić information content (AvgIpc) is 3.09. The molecule has 1 atom stereocenters. The van der Waals surface area contributed by atoms with E-state index in [1.165, 1.54) is 11.1 Å². The fourth-order valence-electron chi connectivity index (χ4n) is 2.54. The quantitative estimate of drug-likeness (QED) is 0.865. The predicted octanol–water partition coefficient (Wildman–Crippen LogP) is 2.59. The van der Waals surface area contributed by atoms with Gasteiger partial charge < -0.3 is 10.1 Å². The summed E-state index contributed by atoms with van der Waals surface area (Å²) in [7, 11) is 0. The summed E-state index contributed by atoms with van der Waals surface area (Å²) in [4.78, 5) is 0. The predicted molar refractivity (Wildman–Crippen MR) is 74.1 cm³/mol. The van der Waals surface area contributed by atoms with Gasteiger partial charge in [-0.1, -0.05) is 19.1 Å². The number of hydrogen-bond acceptors (Lipinski definition) is 3. The number of nitrogens with zero attached hydrogens (tertiary/aromatic N) is 1. The maximum absolute atomic E-state index is 5.55. The number of fused-ring (bicyclic) bond motifs is 1. The lowest BCUT2D eigenvalue weighted by Gasteiger charge is -2.17. The summed E-state index contributed by atoms with van der Waals surface area (Å²) < 4.78 is 5.55. The summed E-state index contributed by atoms with van der Waals surface area (Å²) in [6, 6.07) is 8.90. The van der Waals surface area contributed by atoms with Crippen LogP contribution < -0.4 is 10.1 Å². The molecule has 2 aromatic rings. The maximum atomic E-state index is 5.55. The Labute approximate surface area is 113 Å². The van der Waals surface area contributed by atoms with Crippen molar-refractivity contribution < 1.29 is 4.74 Å². The van der Waals surface area contributed by atoms with E-state index in [1.807, 2.05) is 6.07 Å². The van der Waals surface area contributed by atoms with Gasteiger partial charge in [-0.3, -0.25) is 5.10 Å². The van der Waals surface area contributed by atoms with E-state index in [4.69, 9.17) is 4.74 Å². The van der Waals surface area contributed by atoms with Gasteiger partial charge in [0.1, 0.15) is 5.75 Å². The summed E-state index contributed by atoms with van der Waals surface area (Å²) in [5, 5.41) is 10.5. The molecule has 0 spiro atoms. The van der Waals surface area contributed by atoms with Gasteiger partial charge in [0, 0.05) is 30.9 Å². The molecule has 1 unspecified atom stereocenters. The number of ether oxygens (including phenoxy) is 1. The van der Waals surface area contributed by atoms with Gasteiger partial charge in [-0.2, -0.15) is 5.10 Å². The van der Waals surface area contributed by atoms with Crippen molar-refractivity contribution in [2.75, 3.05) is 6.61 Å². The highest BCUT2D eigenvalue weighted by Crippen LogP contribution is 2.29. The van der Waals surface area contributed by atoms with E-state index in [0.717, 1.165) is 37.4 Å². The van der Waals surface area contributed by atoms with Gasteiger partial charge >= 0.3 is 0 Å². The Morgan fingerprint density at radius 2 is 2.37 bits per heavy atom. The molecule has 4 nitrogen and oxygen atoms in total. The largest absolute Gasteiger partial charge is 0.493 e. The molecule has 4 heteroatoms. The van der Waals surface area contributed by atoms with Crippen LogP contribution in [0.25, 0.3) is 0 Å². The van der Waals surface area contributed by atoms with Crippen LogP contribution in [0.4, 0.5) is 0 Å². The summed E-state index contributed by atoms with van der Waals surface area (Å²) in [6.07, 6.45) is 3.87. The van der Waals surface area contributed by atoms with E-state index < -0.39 is 0 Å². The first kappa shape index (κ1) is 12.2. The Kier molecular flexibility index (Phi) is 3.51. The third-order valence-corrected chi connectivity index (χ3v) is 3.62. The van der Waals surface area contributed by atoms with Gasteiger partial charge in [0.25, 0.3) is 0 Å². The number of aromatic amines is 1. The Balaban J connectivity index is 1.71. The number of hydrogen-bond donors (Lipinski definition) is 2. The lowest BCUT2D eigenvalue weighted by atomic mass is 10.0. The van der Waals surface area contributed by atoms with Crippen LogP contribution in [0, 0.1) is 0 Å². The van der Waals surface area contributed by atoms with Crippen molar-refractivity contribution in [3.63, 3.8) is 0 Å². The SMILES string of the molecule is CCC(NCc1ccn[nH]1)c1ccc2c(c1)CCO2. The molecule has 1 aliphatic rings. The van der Waals surface area contributed by atoms with Gasteiger partial charge in [0.2, 0.25) is 0 Å². The van der Waals surface area contributed by atoms with Crippen molar-refractivity contribution in [1.82, 2.24) is 15.5 Å². The minimum Gasteiger partial charge on any atom is -0.493 e. The zero-order valence-corrected chi connectivity index (χ0v) is 11.1. The van der Waals surface area contributed by atoms with E-state index in [0.29, 0.717) is 6.04 Å². The van der Waals surface area contributed by atoms with Crippen molar-refractivity contribution >= 4 is 0 Å². The van der Waals surface area contributed by atoms with Crippen molar-refractivity contribution in [1.29, 1.82) is 0 Å². The van der Waals surface area contributed by atoms with Gasteiger partial charge in [-0.05, 0) is 29.7 Å². The van der Waals surface area contributed by atoms with Gasteiger partial charge in [0.15, 0.2) is 0 Å². The van der Waals surface area contributed by atoms with E-state index in [1.54, 1.807) is 6.20 Å². The van der Waals surface area contributed by atoms with Crippen molar-refractivity contribution in [3.8, 4) is 5.75 Å². The zero-order valence-electron chi connectivity index (χ0n) is 11.1. The summed E-state index contributed by atoms with van der Waals surface area (Å²) in [6.45, 7) is 3.83. The maximum Gasteiger partial charge on any atom is 0.122 e. The Morgan fingerprint density at radius 3 is 3.16 bits per heavy atom. The normalized spacial score (nSPS) is 15.0. The summed E-state index contributed by atoms with van der Waals surface area (Å²) in [5.41, 5.74) is 3.79. The third kappa shape index (κ3) is 2.63. The molecule has 0 bridgehead atoms. The molecule has 0 radical (unpaired) electrons. The number of benzene rings is 1. The minimum absolute atomic E-state index is 0.370. The lowest BCUT2D eigenvalue weighted by molar-refractivity contribution is 0.356. The van der Waals surface area contributed by atoms with Crippen LogP contribution >= 0.6 is 0 Å². The molecule has 1 aliphatic heterocycles. The van der Waals surface area contributed by atoms with Crippen LogP contribution in [0.3, 0.4) is 0 Å². The molecule has 1 aromatic heterocycles. The van der Waals surface area contributed by atoms with Crippen LogP contribution in [-0.4, -0.2) is 16.8 Å². The van der Waals surface area contributed by atoms with Crippen LogP contribution in [0.15, 0.2) is 30.5 Å². The number of aromatic nitrogens is 2. The van der Waals surface area contributed by atoms with Gasteiger partial charge in [-0.15, -0.1) is 0 Å². The Morgan fingerprint density at radius 1 is 1.42 bits per heavy atom. The molecule has 2 heterocycles. The monoisotopic (exact) mass is 257 g/mol. The topological polar surface area (TPSA) is 49.9 Å². The molecule has 1 aromatic carbocycles. The molecule has 3 rings (SSSR count). The third-order valence-electron chi connectivity index (χ3n) is 3.62. The highest BCUT2D eigenvalue weighted by Gasteiger charge is 2.15. The van der Waals surface area contributed by atoms with E-state index >= 15 is 0 Å². The Bertz CT molecular complexity index is 536. The second kappa shape index (κ2) is 5.45. The second-order valence-corrected chi connectivity index (χ2v) is 4.89. The molecule has 0 saturated heterocycles. The molecule has 0 fully saturated rings. The van der Waals surface area contributed by atoms with Crippen LogP contribution in [0.2, 0.25) is 0 Å². The van der Waals surface area contributed by atoms with Crippen LogP contribution in [0.1, 0.15) is 36.2 Å². The Hall–Kier alpha value is -1.81. The second-order valence-electron chi connectivity index (χ2n) is 4.89. The highest BCUT2D eigenvalue weighted by atomic mass is 16.5. The molecule has 0 amide bonds. The molecule has 2 N–H and O–H groups in total. The van der Waals surface area contributed by atoms with E-state index in [9.17, 15) is 0 Å². The first-order valence-corrected chi connectivity index (χ1v) is 6.84. The van der Waals surface area contributed by atoms with Crippen molar-refractivity contribution in [2.45, 2.75) is 32.4 Å². The number of rotatable bonds is 5. The van der Waals surface area contributed by atoms with Crippen molar-refractivity contribution in [2.24, 2.45) is 0 Å². The summed E-state index contributed by atoms with van der Waals surface area (Å²) in [5.74, 6) is 1.05. The summed E-state index contributed by atoms with van der Waals surface area (Å²) >= 11 is 0. The molecular formula is C15H19N3O. The smallest absolute Gasteiger partial charge is 0.122 e. The fraction of sp³-hybridized carbons (Fsp3) is 0.400. The molecule has 19 heavy (non-hydrogen) atoms. The number of H-pyrrole nitrogens is 1. The number of nitrogens with one attached hydrogen (secondary N) is 2. The van der Waals surface area contributed by atoms with E-state index in [-0.39, 0.29) is 0 Å². The first-order chi connectivity index (χ1) is 9.36. The fourth-order valence-corrected chi connectivity index (χ4v) is 2.54. The minimum atomic E-state index is 0.370. The van der Waals surface area contributed by atoms with Gasteiger partial charge in [0.05, 0.1) is 6.61 Å². The molecule has 100 valence electrons. The zero-order chi connectivity index (χ0) is 13.1. The van der Waals surface area contributed by atoms with Gasteiger partial charge in [-0.25, -0.2) is 0 Å². The van der Waals surface area contributed by atoms with E-state index in [2.05, 4.69) is 40.6 Å². The molecule has 0 aliphatic carbocycles. The van der Waals surface area contributed by atoms with Crippen molar-refractivity contribution in [3.05, 3.63) is 47.3 Å². The van der Waals surface area contributed by atoms with Crippen LogP contribution in [0.5, 0.6) is 5.75 Å². The lowest BCUT2D eigenvalue weighted by Crippen LogP contribution is -2.20. The highest BCUT2D eigenvalue weighted by molar-refractivity contribution is 5.40. The standard InChI is InChI=1S/C15H19N3O/c1-2-14(16-10-13-5-7-17-18-13)11-3-4-15-12(9-11)6-8-19-15/h3-5,7,9,14,16H,2,6,8,10H2,1H3,(H,17,18).